The Balaban J connectivity index is 1.81. The third-order valence-corrected chi connectivity index (χ3v) is 5.61. The molecule has 100 valence electrons. The molecule has 2 fully saturated rings. The third kappa shape index (κ3) is 3.19. The van der Waals surface area contributed by atoms with Crippen molar-refractivity contribution in [2.75, 3.05) is 45.0 Å². The van der Waals surface area contributed by atoms with E-state index in [0.717, 1.165) is 26.2 Å². The van der Waals surface area contributed by atoms with Gasteiger partial charge >= 0.3 is 0 Å². The van der Waals surface area contributed by atoms with Crippen LogP contribution < -0.4 is 5.32 Å². The summed E-state index contributed by atoms with van der Waals surface area (Å²) in [7, 11) is -3.00. The van der Waals surface area contributed by atoms with E-state index in [1.807, 2.05) is 13.8 Å². The molecule has 0 amide bonds. The summed E-state index contributed by atoms with van der Waals surface area (Å²) in [5.74, 6) is 0.486. The van der Waals surface area contributed by atoms with Crippen LogP contribution in [0.15, 0.2) is 0 Å². The van der Waals surface area contributed by atoms with Crippen LogP contribution in [0.1, 0.15) is 13.8 Å². The fourth-order valence-electron chi connectivity index (χ4n) is 2.45. The van der Waals surface area contributed by atoms with Crippen LogP contribution in [-0.4, -0.2) is 68.7 Å². The van der Waals surface area contributed by atoms with Gasteiger partial charge in [-0.1, -0.05) is 13.8 Å². The number of sulfonamides is 1. The lowest BCUT2D eigenvalue weighted by molar-refractivity contribution is 0.0772. The van der Waals surface area contributed by atoms with E-state index in [-0.39, 0.29) is 11.7 Å². The van der Waals surface area contributed by atoms with Crippen LogP contribution in [0.2, 0.25) is 0 Å². The molecule has 0 aromatic heterocycles. The Morgan fingerprint density at radius 2 is 1.82 bits per heavy atom. The molecular weight excluding hydrogens is 238 g/mol. The molecule has 2 aliphatic rings. The Morgan fingerprint density at radius 1 is 1.24 bits per heavy atom. The zero-order valence-corrected chi connectivity index (χ0v) is 11.5. The highest BCUT2D eigenvalue weighted by Gasteiger charge is 2.38. The summed E-state index contributed by atoms with van der Waals surface area (Å²) in [6, 6.07) is 0.444. The van der Waals surface area contributed by atoms with Gasteiger partial charge < -0.3 is 5.32 Å². The number of hydrogen-bond donors (Lipinski definition) is 1. The van der Waals surface area contributed by atoms with Crippen molar-refractivity contribution in [1.29, 1.82) is 0 Å². The SMILES string of the molecule is CC(C)CS(=O)(=O)N1CC(N2CCNCC2)C1. The lowest BCUT2D eigenvalue weighted by atomic mass is 10.1. The van der Waals surface area contributed by atoms with Crippen molar-refractivity contribution in [2.45, 2.75) is 19.9 Å². The van der Waals surface area contributed by atoms with Gasteiger partial charge in [0.1, 0.15) is 0 Å². The van der Waals surface area contributed by atoms with E-state index in [1.165, 1.54) is 0 Å². The highest BCUT2D eigenvalue weighted by molar-refractivity contribution is 7.89. The van der Waals surface area contributed by atoms with E-state index in [4.69, 9.17) is 0 Å². The summed E-state index contributed by atoms with van der Waals surface area (Å²) in [6.07, 6.45) is 0. The molecule has 0 aromatic carbocycles. The van der Waals surface area contributed by atoms with E-state index < -0.39 is 10.0 Å². The Hall–Kier alpha value is -0.170. The fraction of sp³-hybridized carbons (Fsp3) is 1.00. The second-order valence-corrected chi connectivity index (χ2v) is 7.44. The third-order valence-electron chi connectivity index (χ3n) is 3.43. The van der Waals surface area contributed by atoms with Gasteiger partial charge in [-0.05, 0) is 5.92 Å². The Morgan fingerprint density at radius 3 is 2.35 bits per heavy atom. The largest absolute Gasteiger partial charge is 0.314 e. The monoisotopic (exact) mass is 261 g/mol. The van der Waals surface area contributed by atoms with Gasteiger partial charge in [0, 0.05) is 45.3 Å². The minimum absolute atomic E-state index is 0.207. The lowest BCUT2D eigenvalue weighted by Crippen LogP contribution is -2.64. The van der Waals surface area contributed by atoms with E-state index in [1.54, 1.807) is 4.31 Å². The van der Waals surface area contributed by atoms with Crippen LogP contribution in [0.3, 0.4) is 0 Å². The molecule has 2 heterocycles. The number of rotatable bonds is 4. The molecular formula is C11H23N3O2S. The molecule has 2 aliphatic heterocycles. The van der Waals surface area contributed by atoms with Gasteiger partial charge in [-0.25, -0.2) is 8.42 Å². The molecule has 0 radical (unpaired) electrons. The summed E-state index contributed by atoms with van der Waals surface area (Å²) >= 11 is 0. The van der Waals surface area contributed by atoms with Gasteiger partial charge in [-0.3, -0.25) is 4.90 Å². The first-order valence-corrected chi connectivity index (χ1v) is 8.02. The summed E-state index contributed by atoms with van der Waals surface area (Å²) in [5, 5.41) is 3.31. The molecule has 6 heteroatoms. The maximum atomic E-state index is 11.9. The average molecular weight is 261 g/mol. The Labute approximate surface area is 104 Å². The van der Waals surface area contributed by atoms with Crippen LogP contribution in [0.25, 0.3) is 0 Å². The summed E-state index contributed by atoms with van der Waals surface area (Å²) in [4.78, 5) is 2.40. The van der Waals surface area contributed by atoms with Crippen molar-refractivity contribution in [1.82, 2.24) is 14.5 Å². The molecule has 2 rings (SSSR count). The van der Waals surface area contributed by atoms with E-state index in [9.17, 15) is 8.42 Å². The highest BCUT2D eigenvalue weighted by Crippen LogP contribution is 2.20. The van der Waals surface area contributed by atoms with Crippen molar-refractivity contribution < 1.29 is 8.42 Å². The molecule has 0 saturated carbocycles. The molecule has 0 spiro atoms. The maximum absolute atomic E-state index is 11.9. The number of piperazine rings is 1. The Bertz CT molecular complexity index is 344. The van der Waals surface area contributed by atoms with Crippen LogP contribution in [0.5, 0.6) is 0 Å². The highest BCUT2D eigenvalue weighted by atomic mass is 32.2. The molecule has 0 bridgehead atoms. The van der Waals surface area contributed by atoms with E-state index in [0.29, 0.717) is 19.1 Å². The molecule has 0 aliphatic carbocycles. The standard InChI is InChI=1S/C11H23N3O2S/c1-10(2)9-17(15,16)14-7-11(8-14)13-5-3-12-4-6-13/h10-12H,3-9H2,1-2H3. The zero-order chi connectivity index (χ0) is 12.5. The molecule has 2 saturated heterocycles. The van der Waals surface area contributed by atoms with Crippen LogP contribution in [0.4, 0.5) is 0 Å². The second kappa shape index (κ2) is 5.22. The smallest absolute Gasteiger partial charge is 0.214 e. The average Bonchev–Trinajstić information content (AvgIpc) is 2.14. The van der Waals surface area contributed by atoms with Gasteiger partial charge in [0.25, 0.3) is 0 Å². The maximum Gasteiger partial charge on any atom is 0.214 e. The topological polar surface area (TPSA) is 52.7 Å². The molecule has 17 heavy (non-hydrogen) atoms. The Kier molecular flexibility index (Phi) is 4.07. The fourth-order valence-corrected chi connectivity index (χ4v) is 4.30. The number of hydrogen-bond acceptors (Lipinski definition) is 4. The predicted molar refractivity (Wildman–Crippen MR) is 68.4 cm³/mol. The van der Waals surface area contributed by atoms with Crippen molar-refractivity contribution in [3.05, 3.63) is 0 Å². The molecule has 0 unspecified atom stereocenters. The molecule has 1 N–H and O–H groups in total. The molecule has 5 nitrogen and oxygen atoms in total. The van der Waals surface area contributed by atoms with Crippen LogP contribution in [-0.2, 0) is 10.0 Å². The number of nitrogens with zero attached hydrogens (tertiary/aromatic N) is 2. The van der Waals surface area contributed by atoms with Gasteiger partial charge in [-0.15, -0.1) is 0 Å². The minimum Gasteiger partial charge on any atom is -0.314 e. The normalized spacial score (nSPS) is 25.1. The van der Waals surface area contributed by atoms with Crippen LogP contribution in [0, 0.1) is 5.92 Å². The van der Waals surface area contributed by atoms with Crippen molar-refractivity contribution in [2.24, 2.45) is 5.92 Å². The molecule has 0 atom stereocenters. The zero-order valence-electron chi connectivity index (χ0n) is 10.7. The first kappa shape index (κ1) is 13.3. The summed E-state index contributed by atoms with van der Waals surface area (Å²) in [5.41, 5.74) is 0. The first-order valence-electron chi connectivity index (χ1n) is 6.41. The van der Waals surface area contributed by atoms with Gasteiger partial charge in [0.15, 0.2) is 0 Å². The predicted octanol–water partition coefficient (Wildman–Crippen LogP) is -0.438. The van der Waals surface area contributed by atoms with Crippen LogP contribution >= 0.6 is 0 Å². The summed E-state index contributed by atoms with van der Waals surface area (Å²) in [6.45, 7) is 9.41. The quantitative estimate of drug-likeness (QED) is 0.745. The van der Waals surface area contributed by atoms with Crippen molar-refractivity contribution >= 4 is 10.0 Å². The van der Waals surface area contributed by atoms with Gasteiger partial charge in [0.05, 0.1) is 5.75 Å². The first-order chi connectivity index (χ1) is 7.99. The minimum atomic E-state index is -3.00. The van der Waals surface area contributed by atoms with Crippen molar-refractivity contribution in [3.8, 4) is 0 Å². The molecule has 0 aromatic rings. The van der Waals surface area contributed by atoms with E-state index in [2.05, 4.69) is 10.2 Å². The lowest BCUT2D eigenvalue weighted by Gasteiger charge is -2.46. The van der Waals surface area contributed by atoms with Gasteiger partial charge in [0.2, 0.25) is 10.0 Å². The summed E-state index contributed by atoms with van der Waals surface area (Å²) < 4.78 is 25.5. The van der Waals surface area contributed by atoms with Crippen molar-refractivity contribution in [3.63, 3.8) is 0 Å². The van der Waals surface area contributed by atoms with E-state index >= 15 is 0 Å². The number of nitrogens with one attached hydrogen (secondary N) is 1. The van der Waals surface area contributed by atoms with Gasteiger partial charge in [-0.2, -0.15) is 4.31 Å². The second-order valence-electron chi connectivity index (χ2n) is 5.43.